The minimum absolute atomic E-state index is 0.142. The van der Waals surface area contributed by atoms with Gasteiger partial charge in [-0.3, -0.25) is 9.48 Å². The van der Waals surface area contributed by atoms with E-state index in [0.717, 1.165) is 22.7 Å². The molecular weight excluding hydrogens is 409 g/mol. The lowest BCUT2D eigenvalue weighted by Crippen LogP contribution is -2.32. The molecular formula is C21H25F3N6O. The van der Waals surface area contributed by atoms with Gasteiger partial charge in [-0.1, -0.05) is 20.8 Å². The van der Waals surface area contributed by atoms with E-state index in [-0.39, 0.29) is 17.5 Å². The summed E-state index contributed by atoms with van der Waals surface area (Å²) in [5.41, 5.74) is 1.33. The zero-order valence-corrected chi connectivity index (χ0v) is 17.9. The predicted octanol–water partition coefficient (Wildman–Crippen LogP) is 4.14. The van der Waals surface area contributed by atoms with Crippen LogP contribution in [0.2, 0.25) is 0 Å². The summed E-state index contributed by atoms with van der Waals surface area (Å²) in [4.78, 5) is 19.2. The molecule has 4 heterocycles. The van der Waals surface area contributed by atoms with E-state index in [2.05, 4.69) is 15.2 Å². The van der Waals surface area contributed by atoms with Crippen molar-refractivity contribution in [3.05, 3.63) is 46.7 Å². The normalized spacial score (nSPS) is 17.3. The third-order valence-corrected chi connectivity index (χ3v) is 5.72. The van der Waals surface area contributed by atoms with Crippen LogP contribution in [0.3, 0.4) is 0 Å². The van der Waals surface area contributed by atoms with E-state index in [1.165, 1.54) is 0 Å². The van der Waals surface area contributed by atoms with E-state index in [4.69, 9.17) is 0 Å². The second-order valence-corrected chi connectivity index (χ2v) is 8.21. The van der Waals surface area contributed by atoms with Crippen molar-refractivity contribution in [3.8, 4) is 0 Å². The number of carbonyl (C=O) groups is 1. The summed E-state index contributed by atoms with van der Waals surface area (Å²) in [7, 11) is 1.72. The van der Waals surface area contributed by atoms with Gasteiger partial charge in [0.1, 0.15) is 11.4 Å². The summed E-state index contributed by atoms with van der Waals surface area (Å²) in [5, 5.41) is 8.64. The highest BCUT2D eigenvalue weighted by atomic mass is 19.4. The van der Waals surface area contributed by atoms with Gasteiger partial charge < -0.3 is 4.90 Å². The Balaban J connectivity index is 1.73. The summed E-state index contributed by atoms with van der Waals surface area (Å²) in [6.45, 7) is 6.27. The molecule has 1 aliphatic heterocycles. The van der Waals surface area contributed by atoms with Crippen molar-refractivity contribution >= 4 is 11.6 Å². The number of aryl methyl sites for hydroxylation is 2. The Labute approximate surface area is 177 Å². The summed E-state index contributed by atoms with van der Waals surface area (Å²) in [6, 6.07) is 3.97. The average Bonchev–Trinajstić information content (AvgIpc) is 3.42. The van der Waals surface area contributed by atoms with Gasteiger partial charge in [-0.25, -0.2) is 9.50 Å². The van der Waals surface area contributed by atoms with Crippen LogP contribution in [-0.2, 0) is 19.6 Å². The molecule has 0 N–H and O–H groups in total. The van der Waals surface area contributed by atoms with E-state index >= 15 is 0 Å². The molecule has 3 aromatic rings. The zero-order valence-electron chi connectivity index (χ0n) is 17.9. The molecule has 0 aromatic carbocycles. The van der Waals surface area contributed by atoms with E-state index in [0.29, 0.717) is 36.5 Å². The van der Waals surface area contributed by atoms with Crippen molar-refractivity contribution in [1.29, 1.82) is 0 Å². The molecule has 31 heavy (non-hydrogen) atoms. The fourth-order valence-electron chi connectivity index (χ4n) is 4.03. The molecule has 1 amide bonds. The maximum absolute atomic E-state index is 13.6. The van der Waals surface area contributed by atoms with Crippen LogP contribution in [0, 0.1) is 0 Å². The van der Waals surface area contributed by atoms with Crippen molar-refractivity contribution in [3.63, 3.8) is 0 Å². The molecule has 10 heteroatoms. The number of hydrogen-bond acceptors (Lipinski definition) is 4. The minimum Gasteiger partial charge on any atom is -0.329 e. The van der Waals surface area contributed by atoms with Gasteiger partial charge in [0.15, 0.2) is 5.65 Å². The Hall–Kier alpha value is -2.91. The van der Waals surface area contributed by atoms with E-state index in [1.807, 2.05) is 13.8 Å². The van der Waals surface area contributed by atoms with Gasteiger partial charge in [-0.15, -0.1) is 0 Å². The molecule has 1 unspecified atom stereocenters. The Kier molecular flexibility index (Phi) is 5.26. The lowest BCUT2D eigenvalue weighted by Gasteiger charge is -2.23. The first-order valence-corrected chi connectivity index (χ1v) is 10.4. The average molecular weight is 434 g/mol. The van der Waals surface area contributed by atoms with E-state index in [1.54, 1.807) is 35.7 Å². The maximum atomic E-state index is 13.6. The van der Waals surface area contributed by atoms with Gasteiger partial charge >= 0.3 is 6.18 Å². The zero-order chi connectivity index (χ0) is 22.5. The highest BCUT2D eigenvalue weighted by Crippen LogP contribution is 2.35. The Morgan fingerprint density at radius 3 is 2.58 bits per heavy atom. The van der Waals surface area contributed by atoms with Crippen LogP contribution in [0.1, 0.15) is 78.8 Å². The molecule has 0 saturated carbocycles. The summed E-state index contributed by atoms with van der Waals surface area (Å²) >= 11 is 0. The number of rotatable bonds is 4. The molecule has 1 saturated heterocycles. The molecule has 1 fully saturated rings. The van der Waals surface area contributed by atoms with Crippen molar-refractivity contribution in [2.75, 3.05) is 6.54 Å². The van der Waals surface area contributed by atoms with Crippen molar-refractivity contribution in [2.24, 2.45) is 7.05 Å². The number of hydrogen-bond donors (Lipinski definition) is 0. The quantitative estimate of drug-likeness (QED) is 0.619. The number of fused-ring (bicyclic) bond motifs is 1. The standard InChI is InChI=1S/C21H25F3N6O/c1-5-13-9-18(21(22,23)24)30-19(25-13)11-15(27-30)16-7-6-8-29(16)20(31)17-10-14(12(2)3)26-28(17)4/h9-12,16H,5-8H2,1-4H3. The first-order chi connectivity index (χ1) is 14.6. The number of aromatic nitrogens is 5. The van der Waals surface area contributed by atoms with Gasteiger partial charge in [-0.2, -0.15) is 23.4 Å². The van der Waals surface area contributed by atoms with Gasteiger partial charge in [0.25, 0.3) is 5.91 Å². The van der Waals surface area contributed by atoms with Crippen LogP contribution in [0.15, 0.2) is 18.2 Å². The fourth-order valence-corrected chi connectivity index (χ4v) is 4.03. The molecule has 0 aliphatic carbocycles. The number of amides is 1. The third kappa shape index (κ3) is 3.79. The molecule has 1 atom stereocenters. The first kappa shape index (κ1) is 21.3. The minimum atomic E-state index is -4.55. The van der Waals surface area contributed by atoms with Crippen LogP contribution in [0.5, 0.6) is 0 Å². The summed E-state index contributed by atoms with van der Waals surface area (Å²) in [6.07, 6.45) is -2.79. The smallest absolute Gasteiger partial charge is 0.329 e. The van der Waals surface area contributed by atoms with Gasteiger partial charge in [-0.05, 0) is 37.3 Å². The largest absolute Gasteiger partial charge is 0.433 e. The molecule has 1 aliphatic rings. The highest BCUT2D eigenvalue weighted by Gasteiger charge is 2.37. The monoisotopic (exact) mass is 434 g/mol. The molecule has 166 valence electrons. The Morgan fingerprint density at radius 1 is 1.23 bits per heavy atom. The van der Waals surface area contributed by atoms with Gasteiger partial charge in [0.2, 0.25) is 0 Å². The SMILES string of the molecule is CCc1cc(C(F)(F)F)n2nc(C3CCCN3C(=O)c3cc(C(C)C)nn3C)cc2n1. The van der Waals surface area contributed by atoms with Gasteiger partial charge in [0, 0.05) is 25.4 Å². The molecule has 0 radical (unpaired) electrons. The maximum Gasteiger partial charge on any atom is 0.433 e. The molecule has 0 bridgehead atoms. The Bertz CT molecular complexity index is 1130. The van der Waals surface area contributed by atoms with Crippen molar-refractivity contribution in [1.82, 2.24) is 29.3 Å². The topological polar surface area (TPSA) is 68.3 Å². The number of likely N-dealkylation sites (tertiary alicyclic amines) is 1. The van der Waals surface area contributed by atoms with Crippen LogP contribution in [-0.4, -0.2) is 41.7 Å². The van der Waals surface area contributed by atoms with Crippen LogP contribution in [0.25, 0.3) is 5.65 Å². The predicted molar refractivity (Wildman–Crippen MR) is 108 cm³/mol. The first-order valence-electron chi connectivity index (χ1n) is 10.4. The van der Waals surface area contributed by atoms with E-state index < -0.39 is 17.9 Å². The summed E-state index contributed by atoms with van der Waals surface area (Å²) < 4.78 is 43.2. The molecule has 0 spiro atoms. The van der Waals surface area contributed by atoms with Crippen molar-refractivity contribution < 1.29 is 18.0 Å². The number of nitrogens with zero attached hydrogens (tertiary/aromatic N) is 6. The summed E-state index contributed by atoms with van der Waals surface area (Å²) in [5.74, 6) is -0.0140. The number of halogens is 3. The van der Waals surface area contributed by atoms with E-state index in [9.17, 15) is 18.0 Å². The second-order valence-electron chi connectivity index (χ2n) is 8.21. The third-order valence-electron chi connectivity index (χ3n) is 5.72. The van der Waals surface area contributed by atoms with Crippen LogP contribution in [0.4, 0.5) is 13.2 Å². The number of carbonyl (C=O) groups excluding carboxylic acids is 1. The van der Waals surface area contributed by atoms with Crippen molar-refractivity contribution in [2.45, 2.75) is 58.2 Å². The molecule has 7 nitrogen and oxygen atoms in total. The molecule has 4 rings (SSSR count). The lowest BCUT2D eigenvalue weighted by molar-refractivity contribution is -0.142. The highest BCUT2D eigenvalue weighted by molar-refractivity contribution is 5.93. The Morgan fingerprint density at radius 2 is 1.97 bits per heavy atom. The van der Waals surface area contributed by atoms with Crippen LogP contribution < -0.4 is 0 Å². The molecule has 3 aromatic heterocycles. The van der Waals surface area contributed by atoms with Crippen LogP contribution >= 0.6 is 0 Å². The second kappa shape index (κ2) is 7.65. The van der Waals surface area contributed by atoms with Gasteiger partial charge in [0.05, 0.1) is 17.4 Å². The fraction of sp³-hybridized carbons (Fsp3) is 0.524. The number of alkyl halides is 3. The lowest BCUT2D eigenvalue weighted by atomic mass is 10.1.